The van der Waals surface area contributed by atoms with Gasteiger partial charge in [-0.05, 0) is 24.3 Å². The predicted octanol–water partition coefficient (Wildman–Crippen LogP) is 3.92. The van der Waals surface area contributed by atoms with Crippen LogP contribution in [0.25, 0.3) is 22.4 Å². The van der Waals surface area contributed by atoms with Crippen LogP contribution in [-0.2, 0) is 0 Å². The fraction of sp³-hybridized carbons (Fsp3) is 0.133. The summed E-state index contributed by atoms with van der Waals surface area (Å²) in [4.78, 5) is 4.24. The number of furan rings is 1. The van der Waals surface area contributed by atoms with Gasteiger partial charge in [0.15, 0.2) is 17.1 Å². The van der Waals surface area contributed by atoms with Crippen LogP contribution in [0.5, 0.6) is 11.5 Å². The molecule has 2 aromatic heterocycles. The van der Waals surface area contributed by atoms with Gasteiger partial charge >= 0.3 is 0 Å². The highest BCUT2D eigenvalue weighted by Gasteiger charge is 2.15. The molecule has 0 bridgehead atoms. The lowest BCUT2D eigenvalue weighted by molar-refractivity contribution is 0.171. The molecule has 5 heteroatoms. The largest absolute Gasteiger partial charge is 0.486 e. The maximum absolute atomic E-state index is 6.09. The molecule has 0 saturated carbocycles. The molecule has 0 saturated heterocycles. The number of halogens is 1. The molecule has 4 rings (SSSR count). The minimum absolute atomic E-state index is 0.554. The number of aromatic nitrogens is 1. The van der Waals surface area contributed by atoms with Crippen molar-refractivity contribution in [2.45, 2.75) is 0 Å². The van der Waals surface area contributed by atoms with Crippen molar-refractivity contribution in [1.29, 1.82) is 0 Å². The second-order valence-electron chi connectivity index (χ2n) is 4.48. The summed E-state index contributed by atoms with van der Waals surface area (Å²) in [6, 6.07) is 9.29. The summed E-state index contributed by atoms with van der Waals surface area (Å²) in [7, 11) is 0. The van der Waals surface area contributed by atoms with Crippen molar-refractivity contribution in [1.82, 2.24) is 4.98 Å². The van der Waals surface area contributed by atoms with Crippen molar-refractivity contribution in [2.24, 2.45) is 0 Å². The van der Waals surface area contributed by atoms with E-state index in [1.807, 2.05) is 24.3 Å². The van der Waals surface area contributed by atoms with E-state index in [1.54, 1.807) is 12.3 Å². The van der Waals surface area contributed by atoms with Crippen LogP contribution in [-0.4, -0.2) is 18.2 Å². The first-order valence-electron chi connectivity index (χ1n) is 6.25. The smallest absolute Gasteiger partial charge is 0.171 e. The van der Waals surface area contributed by atoms with Gasteiger partial charge in [0.1, 0.15) is 24.5 Å². The number of pyridine rings is 1. The Hall–Kier alpha value is -2.20. The zero-order valence-corrected chi connectivity index (χ0v) is 11.2. The molecule has 0 aliphatic carbocycles. The second-order valence-corrected chi connectivity index (χ2v) is 4.88. The van der Waals surface area contributed by atoms with Crippen LogP contribution in [0, 0.1) is 0 Å². The molecule has 100 valence electrons. The molecule has 0 radical (unpaired) electrons. The van der Waals surface area contributed by atoms with E-state index >= 15 is 0 Å². The molecule has 1 aliphatic heterocycles. The molecule has 0 atom stereocenters. The molecule has 1 aliphatic rings. The van der Waals surface area contributed by atoms with Gasteiger partial charge in [-0.3, -0.25) is 4.98 Å². The summed E-state index contributed by atoms with van der Waals surface area (Å²) in [6.07, 6.45) is 1.66. The van der Waals surface area contributed by atoms with Crippen molar-refractivity contribution < 1.29 is 13.9 Å². The number of hydrogen-bond donors (Lipinski definition) is 0. The Balaban J connectivity index is 1.84. The van der Waals surface area contributed by atoms with Crippen molar-refractivity contribution >= 4 is 22.7 Å². The topological polar surface area (TPSA) is 44.5 Å². The van der Waals surface area contributed by atoms with Crippen molar-refractivity contribution in [3.8, 4) is 22.8 Å². The van der Waals surface area contributed by atoms with E-state index in [4.69, 9.17) is 25.5 Å². The summed E-state index contributed by atoms with van der Waals surface area (Å²) in [6.45, 7) is 1.14. The number of ether oxygens (including phenoxy) is 2. The lowest BCUT2D eigenvalue weighted by Gasteiger charge is -2.18. The number of rotatable bonds is 1. The third kappa shape index (κ3) is 1.80. The van der Waals surface area contributed by atoms with Crippen molar-refractivity contribution in [3.05, 3.63) is 41.6 Å². The van der Waals surface area contributed by atoms with Gasteiger partial charge in [-0.2, -0.15) is 0 Å². The molecule has 0 unspecified atom stereocenters. The van der Waals surface area contributed by atoms with Gasteiger partial charge in [-0.1, -0.05) is 11.6 Å². The van der Waals surface area contributed by atoms with Gasteiger partial charge in [0.05, 0.1) is 5.02 Å². The van der Waals surface area contributed by atoms with Crippen LogP contribution in [0.15, 0.2) is 40.9 Å². The standard InChI is InChI=1S/C15H10ClNO3/c16-10-3-4-17-11-8-13(20-15(10)11)9-1-2-12-14(7-9)19-6-5-18-12/h1-4,7-8H,5-6H2. The first-order chi connectivity index (χ1) is 9.81. The van der Waals surface area contributed by atoms with Crippen LogP contribution < -0.4 is 9.47 Å². The van der Waals surface area contributed by atoms with Crippen LogP contribution >= 0.6 is 11.6 Å². The van der Waals surface area contributed by atoms with E-state index in [9.17, 15) is 0 Å². The summed E-state index contributed by atoms with van der Waals surface area (Å²) in [5, 5.41) is 0.554. The van der Waals surface area contributed by atoms with Crippen LogP contribution in [0.1, 0.15) is 0 Å². The summed E-state index contributed by atoms with van der Waals surface area (Å²) < 4.78 is 16.9. The summed E-state index contributed by atoms with van der Waals surface area (Å²) in [5.41, 5.74) is 2.24. The number of nitrogens with zero attached hydrogens (tertiary/aromatic N) is 1. The van der Waals surface area contributed by atoms with Gasteiger partial charge in [0.25, 0.3) is 0 Å². The zero-order chi connectivity index (χ0) is 13.5. The molecule has 0 fully saturated rings. The maximum Gasteiger partial charge on any atom is 0.171 e. The summed E-state index contributed by atoms with van der Waals surface area (Å²) in [5.74, 6) is 2.19. The SMILES string of the molecule is Clc1ccnc2cc(-c3ccc4c(c3)OCCO4)oc12. The molecule has 3 heterocycles. The Bertz CT molecular complexity index is 797. The molecule has 1 aromatic carbocycles. The number of fused-ring (bicyclic) bond motifs is 2. The summed E-state index contributed by atoms with van der Waals surface area (Å²) >= 11 is 6.09. The lowest BCUT2D eigenvalue weighted by atomic mass is 10.1. The lowest BCUT2D eigenvalue weighted by Crippen LogP contribution is -2.15. The molecule has 3 aromatic rings. The average Bonchev–Trinajstić information content (AvgIpc) is 2.92. The van der Waals surface area contributed by atoms with Crippen molar-refractivity contribution in [2.75, 3.05) is 13.2 Å². The van der Waals surface area contributed by atoms with Gasteiger partial charge in [-0.15, -0.1) is 0 Å². The molecule has 4 nitrogen and oxygen atoms in total. The van der Waals surface area contributed by atoms with E-state index in [0.717, 1.165) is 22.6 Å². The van der Waals surface area contributed by atoms with Crippen LogP contribution in [0.4, 0.5) is 0 Å². The van der Waals surface area contributed by atoms with E-state index in [2.05, 4.69) is 4.98 Å². The Kier molecular flexibility index (Phi) is 2.57. The van der Waals surface area contributed by atoms with Gasteiger partial charge in [-0.25, -0.2) is 0 Å². The highest BCUT2D eigenvalue weighted by molar-refractivity contribution is 6.34. The third-order valence-electron chi connectivity index (χ3n) is 3.19. The Morgan fingerprint density at radius 1 is 1.00 bits per heavy atom. The Morgan fingerprint density at radius 3 is 2.70 bits per heavy atom. The first-order valence-corrected chi connectivity index (χ1v) is 6.63. The van der Waals surface area contributed by atoms with E-state index in [1.165, 1.54) is 0 Å². The third-order valence-corrected chi connectivity index (χ3v) is 3.49. The minimum Gasteiger partial charge on any atom is -0.486 e. The molecule has 20 heavy (non-hydrogen) atoms. The van der Waals surface area contributed by atoms with Gasteiger partial charge in [0, 0.05) is 17.8 Å². The first kappa shape index (κ1) is 11.6. The normalized spacial score (nSPS) is 13.7. The number of benzene rings is 1. The highest BCUT2D eigenvalue weighted by Crippen LogP contribution is 2.37. The maximum atomic E-state index is 6.09. The van der Waals surface area contributed by atoms with E-state index in [0.29, 0.717) is 29.6 Å². The fourth-order valence-electron chi connectivity index (χ4n) is 2.25. The quantitative estimate of drug-likeness (QED) is 0.680. The predicted molar refractivity (Wildman–Crippen MR) is 75.4 cm³/mol. The van der Waals surface area contributed by atoms with E-state index < -0.39 is 0 Å². The molecule has 0 amide bonds. The highest BCUT2D eigenvalue weighted by atomic mass is 35.5. The molecular weight excluding hydrogens is 278 g/mol. The monoisotopic (exact) mass is 287 g/mol. The molecule has 0 spiro atoms. The second kappa shape index (κ2) is 4.42. The Morgan fingerprint density at radius 2 is 1.85 bits per heavy atom. The zero-order valence-electron chi connectivity index (χ0n) is 10.4. The average molecular weight is 288 g/mol. The Labute approximate surface area is 119 Å². The fourth-order valence-corrected chi connectivity index (χ4v) is 2.44. The number of hydrogen-bond acceptors (Lipinski definition) is 4. The van der Waals surface area contributed by atoms with Gasteiger partial charge < -0.3 is 13.9 Å². The van der Waals surface area contributed by atoms with Crippen molar-refractivity contribution in [3.63, 3.8) is 0 Å². The molecule has 0 N–H and O–H groups in total. The van der Waals surface area contributed by atoms with Crippen LogP contribution in [0.2, 0.25) is 5.02 Å². The molecular formula is C15H10ClNO3. The van der Waals surface area contributed by atoms with Crippen LogP contribution in [0.3, 0.4) is 0 Å². The van der Waals surface area contributed by atoms with E-state index in [-0.39, 0.29) is 0 Å². The van der Waals surface area contributed by atoms with Gasteiger partial charge in [0.2, 0.25) is 0 Å². The minimum atomic E-state index is 0.554.